The van der Waals surface area contributed by atoms with E-state index in [1.807, 2.05) is 0 Å². The number of fused-ring (bicyclic) bond motifs is 9. The molecule has 6 aromatic carbocycles. The van der Waals surface area contributed by atoms with Crippen molar-refractivity contribution in [1.82, 2.24) is 14.0 Å². The van der Waals surface area contributed by atoms with Crippen LogP contribution in [0.25, 0.3) is 77.3 Å². The number of pyridine rings is 1. The monoisotopic (exact) mass is 535 g/mol. The van der Waals surface area contributed by atoms with E-state index < -0.39 is 0 Å². The number of benzene rings is 6. The minimum atomic E-state index is 0.949. The van der Waals surface area contributed by atoms with Gasteiger partial charge in [-0.05, 0) is 35.7 Å². The van der Waals surface area contributed by atoms with Gasteiger partial charge in [0.25, 0.3) is 0 Å². The van der Waals surface area contributed by atoms with Gasteiger partial charge >= 0.3 is 0 Å². The highest BCUT2D eigenvalue weighted by Crippen LogP contribution is 2.40. The minimum absolute atomic E-state index is 0.949. The van der Waals surface area contributed by atoms with Crippen LogP contribution in [0.15, 0.2) is 152 Å². The van der Waals surface area contributed by atoms with Gasteiger partial charge in [-0.2, -0.15) is 0 Å². The van der Waals surface area contributed by atoms with Gasteiger partial charge in [0.15, 0.2) is 0 Å². The van der Waals surface area contributed by atoms with E-state index in [0.717, 1.165) is 39.4 Å². The fraction of sp³-hybridized carbons (Fsp3) is 0. The van der Waals surface area contributed by atoms with E-state index in [4.69, 9.17) is 4.98 Å². The Morgan fingerprint density at radius 2 is 0.929 bits per heavy atom. The summed E-state index contributed by atoms with van der Waals surface area (Å²) >= 11 is 0. The molecule has 0 saturated heterocycles. The molecule has 0 spiro atoms. The van der Waals surface area contributed by atoms with Crippen LogP contribution in [-0.2, 0) is 0 Å². The van der Waals surface area contributed by atoms with E-state index >= 15 is 0 Å². The van der Waals surface area contributed by atoms with Gasteiger partial charge in [-0.25, -0.2) is 4.98 Å². The van der Waals surface area contributed by atoms with Gasteiger partial charge in [0.1, 0.15) is 5.82 Å². The van der Waals surface area contributed by atoms with Crippen molar-refractivity contribution in [3.63, 3.8) is 0 Å². The Balaban J connectivity index is 1.48. The van der Waals surface area contributed by atoms with Crippen molar-refractivity contribution in [3.8, 4) is 28.3 Å². The molecular formula is C39H25N3. The molecule has 3 aromatic heterocycles. The number of rotatable bonds is 3. The summed E-state index contributed by atoms with van der Waals surface area (Å²) in [4.78, 5) is 5.38. The van der Waals surface area contributed by atoms with Crippen LogP contribution in [0.2, 0.25) is 0 Å². The quantitative estimate of drug-likeness (QED) is 0.206. The summed E-state index contributed by atoms with van der Waals surface area (Å²) in [6.45, 7) is 0. The molecule has 0 amide bonds. The molecule has 0 unspecified atom stereocenters. The Morgan fingerprint density at radius 1 is 0.405 bits per heavy atom. The van der Waals surface area contributed by atoms with Crippen molar-refractivity contribution >= 4 is 49.0 Å². The Kier molecular flexibility index (Phi) is 4.90. The molecule has 3 heterocycles. The number of imidazole rings is 1. The molecule has 0 bridgehead atoms. The van der Waals surface area contributed by atoms with Crippen LogP contribution in [-0.4, -0.2) is 14.0 Å². The third kappa shape index (κ3) is 3.25. The smallest absolute Gasteiger partial charge is 0.145 e. The molecule has 0 aliphatic heterocycles. The minimum Gasteiger partial charge on any atom is -0.309 e. The number of aromatic nitrogens is 3. The third-order valence-electron chi connectivity index (χ3n) is 8.49. The Morgan fingerprint density at radius 3 is 1.57 bits per heavy atom. The highest BCUT2D eigenvalue weighted by atomic mass is 15.0. The Bertz CT molecular complexity index is 2400. The van der Waals surface area contributed by atoms with Crippen LogP contribution in [0.1, 0.15) is 0 Å². The van der Waals surface area contributed by atoms with Crippen LogP contribution >= 0.6 is 0 Å². The zero-order valence-corrected chi connectivity index (χ0v) is 22.8. The lowest BCUT2D eigenvalue weighted by Crippen LogP contribution is -1.97. The first-order valence-electron chi connectivity index (χ1n) is 14.3. The highest BCUT2D eigenvalue weighted by Gasteiger charge is 2.21. The maximum atomic E-state index is 5.38. The van der Waals surface area contributed by atoms with Crippen LogP contribution in [0, 0.1) is 0 Å². The zero-order chi connectivity index (χ0) is 27.6. The summed E-state index contributed by atoms with van der Waals surface area (Å²) in [6, 6.07) is 54.1. The number of hydrogen-bond acceptors (Lipinski definition) is 1. The first kappa shape index (κ1) is 23.1. The predicted molar refractivity (Wildman–Crippen MR) is 175 cm³/mol. The van der Waals surface area contributed by atoms with Gasteiger partial charge in [0.2, 0.25) is 0 Å². The van der Waals surface area contributed by atoms with E-state index in [9.17, 15) is 0 Å². The summed E-state index contributed by atoms with van der Waals surface area (Å²) < 4.78 is 4.76. The largest absolute Gasteiger partial charge is 0.309 e. The van der Waals surface area contributed by atoms with Gasteiger partial charge in [0, 0.05) is 38.4 Å². The van der Waals surface area contributed by atoms with E-state index in [-0.39, 0.29) is 0 Å². The molecule has 9 rings (SSSR count). The number of para-hydroxylation sites is 3. The van der Waals surface area contributed by atoms with Gasteiger partial charge in [0.05, 0.1) is 27.8 Å². The molecule has 0 aliphatic carbocycles. The fourth-order valence-electron chi connectivity index (χ4n) is 6.68. The van der Waals surface area contributed by atoms with Gasteiger partial charge in [-0.15, -0.1) is 0 Å². The van der Waals surface area contributed by atoms with Crippen LogP contribution in [0.5, 0.6) is 0 Å². The molecule has 3 nitrogen and oxygen atoms in total. The van der Waals surface area contributed by atoms with E-state index in [1.54, 1.807) is 0 Å². The van der Waals surface area contributed by atoms with Crippen LogP contribution in [0.4, 0.5) is 0 Å². The summed E-state index contributed by atoms with van der Waals surface area (Å²) in [5.41, 5.74) is 9.01. The predicted octanol–water partition coefficient (Wildman–Crippen LogP) is 10.1. The van der Waals surface area contributed by atoms with Crippen molar-refractivity contribution in [3.05, 3.63) is 152 Å². The molecule has 196 valence electrons. The first-order valence-corrected chi connectivity index (χ1v) is 14.3. The van der Waals surface area contributed by atoms with Crippen molar-refractivity contribution in [2.24, 2.45) is 0 Å². The SMILES string of the molecule is c1ccc(-c2nc(-c3ccccc3)n3c4ccccc4c4ccc(-n5c6ccccc6c6ccccc65)cc4c23)cc1. The van der Waals surface area contributed by atoms with Gasteiger partial charge in [-0.1, -0.05) is 121 Å². The molecule has 42 heavy (non-hydrogen) atoms. The fourth-order valence-corrected chi connectivity index (χ4v) is 6.68. The van der Waals surface area contributed by atoms with Gasteiger partial charge in [-0.3, -0.25) is 4.40 Å². The second-order valence-corrected chi connectivity index (χ2v) is 10.8. The van der Waals surface area contributed by atoms with E-state index in [0.29, 0.717) is 0 Å². The standard InChI is InChI=1S/C39H25N3/c1-3-13-26(14-4-1)37-38-33-25-28(41-34-20-10-8-18-31(34)32-19-9-11-21-35(32)41)23-24-29(33)30-17-7-12-22-36(30)42(38)39(40-37)27-15-5-2-6-16-27/h1-25H. The number of hydrogen-bond donors (Lipinski definition) is 0. The maximum Gasteiger partial charge on any atom is 0.145 e. The second kappa shape index (κ2) is 8.92. The highest BCUT2D eigenvalue weighted by molar-refractivity contribution is 6.17. The Hall–Kier alpha value is -5.67. The van der Waals surface area contributed by atoms with Crippen molar-refractivity contribution in [2.45, 2.75) is 0 Å². The average Bonchev–Trinajstić information content (AvgIpc) is 3.63. The first-order chi connectivity index (χ1) is 20.9. The van der Waals surface area contributed by atoms with Crippen molar-refractivity contribution in [2.75, 3.05) is 0 Å². The molecule has 0 atom stereocenters. The normalized spacial score (nSPS) is 11.8. The van der Waals surface area contributed by atoms with Gasteiger partial charge < -0.3 is 4.57 Å². The molecule has 0 radical (unpaired) electrons. The summed E-state index contributed by atoms with van der Waals surface area (Å²) in [6.07, 6.45) is 0. The molecule has 0 fully saturated rings. The summed E-state index contributed by atoms with van der Waals surface area (Å²) in [5, 5.41) is 6.14. The molecule has 3 heteroatoms. The molecule has 0 saturated carbocycles. The summed E-state index contributed by atoms with van der Waals surface area (Å²) in [7, 11) is 0. The number of nitrogens with zero attached hydrogens (tertiary/aromatic N) is 3. The lowest BCUT2D eigenvalue weighted by Gasteiger charge is -2.14. The topological polar surface area (TPSA) is 22.2 Å². The Labute approximate surface area is 242 Å². The maximum absolute atomic E-state index is 5.38. The lowest BCUT2D eigenvalue weighted by molar-refractivity contribution is 1.18. The molecule has 0 N–H and O–H groups in total. The third-order valence-corrected chi connectivity index (χ3v) is 8.49. The zero-order valence-electron chi connectivity index (χ0n) is 22.8. The molecule has 9 aromatic rings. The van der Waals surface area contributed by atoms with E-state index in [1.165, 1.54) is 38.0 Å². The lowest BCUT2D eigenvalue weighted by atomic mass is 10.0. The summed E-state index contributed by atoms with van der Waals surface area (Å²) in [5.74, 6) is 0.949. The molecule has 0 aliphatic rings. The van der Waals surface area contributed by atoms with E-state index in [2.05, 4.69) is 161 Å². The van der Waals surface area contributed by atoms with Crippen LogP contribution in [0.3, 0.4) is 0 Å². The van der Waals surface area contributed by atoms with Crippen molar-refractivity contribution in [1.29, 1.82) is 0 Å². The van der Waals surface area contributed by atoms with Crippen molar-refractivity contribution < 1.29 is 0 Å². The second-order valence-electron chi connectivity index (χ2n) is 10.8. The molecular weight excluding hydrogens is 510 g/mol. The average molecular weight is 536 g/mol. The van der Waals surface area contributed by atoms with Crippen LogP contribution < -0.4 is 0 Å².